The van der Waals surface area contributed by atoms with Crippen molar-refractivity contribution in [3.05, 3.63) is 0 Å². The van der Waals surface area contributed by atoms with Gasteiger partial charge in [-0.3, -0.25) is 14.4 Å². The molecule has 0 aromatic carbocycles. The number of hydrogen-bond donors (Lipinski definition) is 2. The normalized spacial score (nSPS) is 14.5. The molecule has 0 rings (SSSR count). The lowest BCUT2D eigenvalue weighted by Crippen LogP contribution is -2.46. The SMILES string of the molecule is CC(=O)SCC(C(=O)N[C@@H](CC(=O)O)CC(C)C)C(F)(F)F. The monoisotopic (exact) mass is 343 g/mol. The van der Waals surface area contributed by atoms with Crippen molar-refractivity contribution in [1.82, 2.24) is 5.32 Å². The molecule has 0 radical (unpaired) electrons. The summed E-state index contributed by atoms with van der Waals surface area (Å²) < 4.78 is 38.7. The summed E-state index contributed by atoms with van der Waals surface area (Å²) in [4.78, 5) is 33.4. The van der Waals surface area contributed by atoms with E-state index in [1.807, 2.05) is 0 Å². The van der Waals surface area contributed by atoms with Gasteiger partial charge in [0, 0.05) is 18.7 Å². The minimum absolute atomic E-state index is 0.0144. The zero-order valence-electron chi connectivity index (χ0n) is 12.6. The number of carboxylic acid groups (broad SMARTS) is 1. The maximum atomic E-state index is 12.9. The zero-order chi connectivity index (χ0) is 17.5. The van der Waals surface area contributed by atoms with Gasteiger partial charge in [-0.1, -0.05) is 25.6 Å². The molecule has 1 unspecified atom stereocenters. The summed E-state index contributed by atoms with van der Waals surface area (Å²) in [6.45, 7) is 4.66. The maximum Gasteiger partial charge on any atom is 0.401 e. The van der Waals surface area contributed by atoms with Gasteiger partial charge in [-0.2, -0.15) is 13.2 Å². The summed E-state index contributed by atoms with van der Waals surface area (Å²) >= 11 is 0.413. The molecule has 0 aromatic rings. The highest BCUT2D eigenvalue weighted by molar-refractivity contribution is 8.13. The smallest absolute Gasteiger partial charge is 0.401 e. The first kappa shape index (κ1) is 20.8. The molecule has 0 spiro atoms. The van der Waals surface area contributed by atoms with Gasteiger partial charge < -0.3 is 10.4 Å². The molecule has 0 saturated carbocycles. The summed E-state index contributed by atoms with van der Waals surface area (Å²) in [5.74, 6) is -5.54. The van der Waals surface area contributed by atoms with Crippen molar-refractivity contribution in [2.24, 2.45) is 11.8 Å². The molecule has 0 aliphatic rings. The van der Waals surface area contributed by atoms with Gasteiger partial charge in [0.25, 0.3) is 0 Å². The van der Waals surface area contributed by atoms with Crippen LogP contribution in [0.4, 0.5) is 13.2 Å². The van der Waals surface area contributed by atoms with Crippen LogP contribution >= 0.6 is 11.8 Å². The molecule has 0 aromatic heterocycles. The number of carboxylic acids is 1. The van der Waals surface area contributed by atoms with Crippen LogP contribution in [0.15, 0.2) is 0 Å². The van der Waals surface area contributed by atoms with Crippen molar-refractivity contribution in [2.75, 3.05) is 5.75 Å². The fourth-order valence-electron chi connectivity index (χ4n) is 1.79. The molecule has 0 saturated heterocycles. The molecule has 9 heteroatoms. The first-order chi connectivity index (χ1) is 9.93. The van der Waals surface area contributed by atoms with Gasteiger partial charge in [-0.25, -0.2) is 0 Å². The molecule has 128 valence electrons. The summed E-state index contributed by atoms with van der Waals surface area (Å²) in [6.07, 6.45) is -4.99. The summed E-state index contributed by atoms with van der Waals surface area (Å²) in [6, 6.07) is -0.878. The van der Waals surface area contributed by atoms with E-state index in [-0.39, 0.29) is 12.3 Å². The van der Waals surface area contributed by atoms with E-state index in [0.29, 0.717) is 11.8 Å². The second-order valence-electron chi connectivity index (χ2n) is 5.33. The van der Waals surface area contributed by atoms with Gasteiger partial charge in [-0.05, 0) is 12.3 Å². The highest BCUT2D eigenvalue weighted by atomic mass is 32.2. The molecule has 0 aliphatic heterocycles. The van der Waals surface area contributed by atoms with E-state index in [1.165, 1.54) is 0 Å². The third-order valence-electron chi connectivity index (χ3n) is 2.69. The zero-order valence-corrected chi connectivity index (χ0v) is 13.4. The maximum absolute atomic E-state index is 12.9. The summed E-state index contributed by atoms with van der Waals surface area (Å²) in [7, 11) is 0. The lowest BCUT2D eigenvalue weighted by Gasteiger charge is -2.24. The molecule has 5 nitrogen and oxygen atoms in total. The molecule has 0 bridgehead atoms. The molecular weight excluding hydrogens is 323 g/mol. The molecule has 0 fully saturated rings. The van der Waals surface area contributed by atoms with Crippen LogP contribution in [-0.2, 0) is 14.4 Å². The quantitative estimate of drug-likeness (QED) is 0.707. The van der Waals surface area contributed by atoms with Crippen molar-refractivity contribution >= 4 is 28.8 Å². The molecule has 22 heavy (non-hydrogen) atoms. The average molecular weight is 343 g/mol. The van der Waals surface area contributed by atoms with Crippen LogP contribution in [0.2, 0.25) is 0 Å². The third-order valence-corrected chi connectivity index (χ3v) is 3.59. The van der Waals surface area contributed by atoms with E-state index in [9.17, 15) is 27.6 Å². The number of halogens is 3. The summed E-state index contributed by atoms with van der Waals surface area (Å²) in [5, 5.41) is 10.4. The molecule has 0 aliphatic carbocycles. The van der Waals surface area contributed by atoms with Gasteiger partial charge >= 0.3 is 12.1 Å². The Balaban J connectivity index is 4.94. The minimum atomic E-state index is -4.79. The Morgan fingerprint density at radius 2 is 1.77 bits per heavy atom. The first-order valence-corrected chi connectivity index (χ1v) is 7.64. The lowest BCUT2D eigenvalue weighted by molar-refractivity contribution is -0.178. The predicted molar refractivity (Wildman–Crippen MR) is 76.3 cm³/mol. The van der Waals surface area contributed by atoms with Gasteiger partial charge in [0.05, 0.1) is 6.42 Å². The van der Waals surface area contributed by atoms with Gasteiger partial charge in [0.1, 0.15) is 5.92 Å². The van der Waals surface area contributed by atoms with Gasteiger partial charge in [-0.15, -0.1) is 0 Å². The van der Waals surface area contributed by atoms with Gasteiger partial charge in [0.2, 0.25) is 5.91 Å². The number of aliphatic carboxylic acids is 1. The molecular formula is C13H20F3NO4S. The second-order valence-corrected chi connectivity index (χ2v) is 6.53. The highest BCUT2D eigenvalue weighted by Crippen LogP contribution is 2.30. The molecule has 1 amide bonds. The Morgan fingerprint density at radius 3 is 2.14 bits per heavy atom. The number of alkyl halides is 3. The number of amides is 1. The third kappa shape index (κ3) is 8.91. The summed E-state index contributed by atoms with van der Waals surface area (Å²) in [5.41, 5.74) is 0. The van der Waals surface area contributed by atoms with Crippen LogP contribution in [0, 0.1) is 11.8 Å². The predicted octanol–water partition coefficient (Wildman–Crippen LogP) is 2.45. The first-order valence-electron chi connectivity index (χ1n) is 6.65. The van der Waals surface area contributed by atoms with Crippen LogP contribution in [0.5, 0.6) is 0 Å². The molecule has 2 N–H and O–H groups in total. The van der Waals surface area contributed by atoms with E-state index in [2.05, 4.69) is 5.32 Å². The number of rotatable bonds is 8. The number of nitrogens with one attached hydrogen (secondary N) is 1. The number of carbonyl (C=O) groups excluding carboxylic acids is 2. The van der Waals surface area contributed by atoms with Crippen molar-refractivity contribution < 1.29 is 32.7 Å². The Morgan fingerprint density at radius 1 is 1.23 bits per heavy atom. The Bertz CT molecular complexity index is 413. The van der Waals surface area contributed by atoms with E-state index in [4.69, 9.17) is 5.11 Å². The second kappa shape index (κ2) is 9.02. The molecule has 2 atom stereocenters. The largest absolute Gasteiger partial charge is 0.481 e. The van der Waals surface area contributed by atoms with Crippen LogP contribution in [0.25, 0.3) is 0 Å². The average Bonchev–Trinajstić information content (AvgIpc) is 2.24. The standard InChI is InChI=1S/C13H20F3NO4S/c1-7(2)4-9(5-11(19)20)17-12(21)10(13(14,15)16)6-22-8(3)18/h7,9-10H,4-6H2,1-3H3,(H,17,21)(H,19,20)/t9-,10?/m1/s1. The number of thioether (sulfide) groups is 1. The fraction of sp³-hybridized carbons (Fsp3) is 0.769. The Labute approximate surface area is 131 Å². The Hall–Kier alpha value is -1.25. The van der Waals surface area contributed by atoms with Crippen LogP contribution < -0.4 is 5.32 Å². The number of carbonyl (C=O) groups is 3. The van der Waals surface area contributed by atoms with Crippen molar-refractivity contribution in [2.45, 2.75) is 45.8 Å². The van der Waals surface area contributed by atoms with E-state index >= 15 is 0 Å². The minimum Gasteiger partial charge on any atom is -0.481 e. The van der Waals surface area contributed by atoms with Crippen LogP contribution in [0.1, 0.15) is 33.6 Å². The van der Waals surface area contributed by atoms with Crippen molar-refractivity contribution in [3.63, 3.8) is 0 Å². The van der Waals surface area contributed by atoms with Gasteiger partial charge in [0.15, 0.2) is 5.12 Å². The van der Waals surface area contributed by atoms with Crippen LogP contribution in [0.3, 0.4) is 0 Å². The molecule has 0 heterocycles. The van der Waals surface area contributed by atoms with E-state index in [0.717, 1.165) is 6.92 Å². The van der Waals surface area contributed by atoms with Crippen molar-refractivity contribution in [1.29, 1.82) is 0 Å². The topological polar surface area (TPSA) is 83.5 Å². The fourth-order valence-corrected chi connectivity index (χ4v) is 2.54. The highest BCUT2D eigenvalue weighted by Gasteiger charge is 2.45. The lowest BCUT2D eigenvalue weighted by atomic mass is 10.00. The van der Waals surface area contributed by atoms with Crippen molar-refractivity contribution in [3.8, 4) is 0 Å². The van der Waals surface area contributed by atoms with E-state index in [1.54, 1.807) is 13.8 Å². The number of hydrogen-bond acceptors (Lipinski definition) is 4. The Kier molecular flexibility index (Phi) is 8.50. The van der Waals surface area contributed by atoms with Crippen LogP contribution in [-0.4, -0.2) is 40.1 Å². The van der Waals surface area contributed by atoms with E-state index < -0.39 is 47.3 Å².